The Balaban J connectivity index is 2.18. The Morgan fingerprint density at radius 2 is 2.19 bits per heavy atom. The molecule has 0 saturated carbocycles. The molecule has 4 heteroatoms. The van der Waals surface area contributed by atoms with E-state index in [-0.39, 0.29) is 12.4 Å². The molecule has 84 valence electrons. The number of ether oxygens (including phenoxy) is 1. The molecular formula is C12H12O4. The summed E-state index contributed by atoms with van der Waals surface area (Å²) in [4.78, 5) is 21.9. The van der Waals surface area contributed by atoms with Crippen LogP contribution in [-0.4, -0.2) is 23.5 Å². The molecule has 0 aliphatic heterocycles. The molecule has 1 N–H and O–H groups in total. The van der Waals surface area contributed by atoms with Crippen LogP contribution in [0.4, 0.5) is 0 Å². The lowest BCUT2D eigenvalue weighted by atomic mass is 9.91. The fourth-order valence-corrected chi connectivity index (χ4v) is 1.86. The van der Waals surface area contributed by atoms with Crippen LogP contribution in [0.15, 0.2) is 18.2 Å². The van der Waals surface area contributed by atoms with Crippen LogP contribution in [0.5, 0.6) is 5.75 Å². The van der Waals surface area contributed by atoms with E-state index >= 15 is 0 Å². The Morgan fingerprint density at radius 1 is 1.38 bits per heavy atom. The number of hydrogen-bond acceptors (Lipinski definition) is 3. The molecule has 0 heterocycles. The molecule has 1 aromatic rings. The average molecular weight is 220 g/mol. The number of Topliss-reactive ketones (excluding diaryl/α,β-unsaturated/α-hetero) is 1. The second-order valence-corrected chi connectivity index (χ2v) is 3.78. The molecule has 0 amide bonds. The molecule has 0 radical (unpaired) electrons. The van der Waals surface area contributed by atoms with Crippen molar-refractivity contribution in [2.24, 2.45) is 0 Å². The zero-order chi connectivity index (χ0) is 11.5. The number of rotatable bonds is 3. The highest BCUT2D eigenvalue weighted by molar-refractivity contribution is 5.98. The van der Waals surface area contributed by atoms with Crippen LogP contribution in [0, 0.1) is 0 Å². The van der Waals surface area contributed by atoms with Crippen LogP contribution in [0.3, 0.4) is 0 Å². The lowest BCUT2D eigenvalue weighted by Gasteiger charge is -2.15. The van der Waals surface area contributed by atoms with Gasteiger partial charge in [0.1, 0.15) is 5.75 Å². The second kappa shape index (κ2) is 4.35. The third kappa shape index (κ3) is 2.21. The Labute approximate surface area is 92.8 Å². The molecule has 0 unspecified atom stereocenters. The normalized spacial score (nSPS) is 14.4. The van der Waals surface area contributed by atoms with E-state index in [9.17, 15) is 9.59 Å². The number of carboxylic acids is 1. The summed E-state index contributed by atoms with van der Waals surface area (Å²) in [5.41, 5.74) is 1.70. The van der Waals surface area contributed by atoms with Crippen LogP contribution >= 0.6 is 0 Å². The van der Waals surface area contributed by atoms with Gasteiger partial charge in [0.2, 0.25) is 0 Å². The van der Waals surface area contributed by atoms with Crippen molar-refractivity contribution in [1.82, 2.24) is 0 Å². The summed E-state index contributed by atoms with van der Waals surface area (Å²) in [6.07, 6.45) is 2.31. The maximum absolute atomic E-state index is 11.5. The SMILES string of the molecule is O=C(O)COc1ccc2c(c1)CCCC2=O. The van der Waals surface area contributed by atoms with Gasteiger partial charge < -0.3 is 9.84 Å². The van der Waals surface area contributed by atoms with Gasteiger partial charge in [-0.1, -0.05) is 0 Å². The Hall–Kier alpha value is -1.84. The fraction of sp³-hybridized carbons (Fsp3) is 0.333. The van der Waals surface area contributed by atoms with Crippen LogP contribution < -0.4 is 4.74 Å². The molecular weight excluding hydrogens is 208 g/mol. The van der Waals surface area contributed by atoms with E-state index in [1.807, 2.05) is 0 Å². The average Bonchev–Trinajstić information content (AvgIpc) is 2.26. The Morgan fingerprint density at radius 3 is 2.94 bits per heavy atom. The molecule has 1 aliphatic carbocycles. The fourth-order valence-electron chi connectivity index (χ4n) is 1.86. The molecule has 2 rings (SSSR count). The molecule has 0 bridgehead atoms. The van der Waals surface area contributed by atoms with Crippen molar-refractivity contribution < 1.29 is 19.4 Å². The number of ketones is 1. The molecule has 0 aromatic heterocycles. The third-order valence-corrected chi connectivity index (χ3v) is 2.59. The zero-order valence-corrected chi connectivity index (χ0v) is 8.73. The number of benzene rings is 1. The molecule has 0 atom stereocenters. The van der Waals surface area contributed by atoms with Crippen LogP contribution in [0.1, 0.15) is 28.8 Å². The summed E-state index contributed by atoms with van der Waals surface area (Å²) in [6, 6.07) is 5.12. The lowest BCUT2D eigenvalue weighted by molar-refractivity contribution is -0.139. The van der Waals surface area contributed by atoms with Gasteiger partial charge in [0.25, 0.3) is 0 Å². The smallest absolute Gasteiger partial charge is 0.341 e. The van der Waals surface area contributed by atoms with Crippen molar-refractivity contribution in [1.29, 1.82) is 0 Å². The topological polar surface area (TPSA) is 63.6 Å². The van der Waals surface area contributed by atoms with Gasteiger partial charge >= 0.3 is 5.97 Å². The summed E-state index contributed by atoms with van der Waals surface area (Å²) >= 11 is 0. The summed E-state index contributed by atoms with van der Waals surface area (Å²) in [6.45, 7) is -0.354. The Bertz CT molecular complexity index is 437. The summed E-state index contributed by atoms with van der Waals surface area (Å²) < 4.78 is 5.06. The van der Waals surface area contributed by atoms with Crippen molar-refractivity contribution >= 4 is 11.8 Å². The Kier molecular flexibility index (Phi) is 2.90. The predicted molar refractivity (Wildman–Crippen MR) is 56.8 cm³/mol. The van der Waals surface area contributed by atoms with E-state index in [0.717, 1.165) is 24.0 Å². The first-order chi connectivity index (χ1) is 7.66. The van der Waals surface area contributed by atoms with Crippen LogP contribution in [-0.2, 0) is 11.2 Å². The summed E-state index contributed by atoms with van der Waals surface area (Å²) in [5, 5.41) is 8.48. The zero-order valence-electron chi connectivity index (χ0n) is 8.73. The molecule has 0 saturated heterocycles. The number of aliphatic carboxylic acids is 1. The van der Waals surface area contributed by atoms with Gasteiger partial charge in [0, 0.05) is 12.0 Å². The third-order valence-electron chi connectivity index (χ3n) is 2.59. The summed E-state index contributed by atoms with van der Waals surface area (Å²) in [5.74, 6) is -0.337. The molecule has 16 heavy (non-hydrogen) atoms. The summed E-state index contributed by atoms with van der Waals surface area (Å²) in [7, 11) is 0. The van der Waals surface area contributed by atoms with E-state index in [2.05, 4.69) is 0 Å². The van der Waals surface area contributed by atoms with Gasteiger partial charge in [-0.05, 0) is 36.6 Å². The first kappa shape index (κ1) is 10.7. The van der Waals surface area contributed by atoms with Gasteiger partial charge in [0.15, 0.2) is 12.4 Å². The maximum Gasteiger partial charge on any atom is 0.341 e. The molecule has 1 aromatic carbocycles. The van der Waals surface area contributed by atoms with Crippen LogP contribution in [0.25, 0.3) is 0 Å². The maximum atomic E-state index is 11.5. The lowest BCUT2D eigenvalue weighted by Crippen LogP contribution is -2.12. The second-order valence-electron chi connectivity index (χ2n) is 3.78. The first-order valence-corrected chi connectivity index (χ1v) is 5.17. The van der Waals surface area contributed by atoms with Crippen molar-refractivity contribution in [2.75, 3.05) is 6.61 Å². The van der Waals surface area contributed by atoms with Crippen molar-refractivity contribution in [3.05, 3.63) is 29.3 Å². The van der Waals surface area contributed by atoms with Crippen molar-refractivity contribution in [3.8, 4) is 5.75 Å². The molecule has 0 fully saturated rings. The standard InChI is InChI=1S/C12H12O4/c13-11-3-1-2-8-6-9(4-5-10(8)11)16-7-12(14)15/h4-6H,1-3,7H2,(H,14,15). The van der Waals surface area contributed by atoms with E-state index in [1.165, 1.54) is 0 Å². The van der Waals surface area contributed by atoms with E-state index in [0.29, 0.717) is 12.2 Å². The number of hydrogen-bond donors (Lipinski definition) is 1. The molecule has 0 spiro atoms. The largest absolute Gasteiger partial charge is 0.482 e. The van der Waals surface area contributed by atoms with E-state index < -0.39 is 5.97 Å². The minimum atomic E-state index is -1.01. The van der Waals surface area contributed by atoms with Gasteiger partial charge in [-0.3, -0.25) is 4.79 Å². The monoisotopic (exact) mass is 220 g/mol. The predicted octanol–water partition coefficient (Wildman–Crippen LogP) is 1.67. The minimum Gasteiger partial charge on any atom is -0.482 e. The highest BCUT2D eigenvalue weighted by Gasteiger charge is 2.17. The number of carbonyl (C=O) groups excluding carboxylic acids is 1. The number of aryl methyl sites for hydroxylation is 1. The highest BCUT2D eigenvalue weighted by atomic mass is 16.5. The van der Waals surface area contributed by atoms with Crippen LogP contribution in [0.2, 0.25) is 0 Å². The van der Waals surface area contributed by atoms with E-state index in [4.69, 9.17) is 9.84 Å². The first-order valence-electron chi connectivity index (χ1n) is 5.17. The van der Waals surface area contributed by atoms with Gasteiger partial charge in [-0.15, -0.1) is 0 Å². The van der Waals surface area contributed by atoms with Gasteiger partial charge in [0.05, 0.1) is 0 Å². The van der Waals surface area contributed by atoms with Crippen molar-refractivity contribution in [3.63, 3.8) is 0 Å². The number of carbonyl (C=O) groups is 2. The molecule has 4 nitrogen and oxygen atoms in total. The van der Waals surface area contributed by atoms with Gasteiger partial charge in [-0.2, -0.15) is 0 Å². The quantitative estimate of drug-likeness (QED) is 0.841. The number of fused-ring (bicyclic) bond motifs is 1. The van der Waals surface area contributed by atoms with E-state index in [1.54, 1.807) is 18.2 Å². The van der Waals surface area contributed by atoms with Crippen molar-refractivity contribution in [2.45, 2.75) is 19.3 Å². The minimum absolute atomic E-state index is 0.158. The highest BCUT2D eigenvalue weighted by Crippen LogP contribution is 2.25. The number of carboxylic acid groups (broad SMARTS) is 1. The molecule has 1 aliphatic rings. The van der Waals surface area contributed by atoms with Gasteiger partial charge in [-0.25, -0.2) is 4.79 Å².